The molecule has 0 bridgehead atoms. The minimum absolute atomic E-state index is 0.170. The van der Waals surface area contributed by atoms with E-state index in [1.165, 1.54) is 30.5 Å². The van der Waals surface area contributed by atoms with Gasteiger partial charge in [-0.05, 0) is 37.0 Å². The van der Waals surface area contributed by atoms with E-state index < -0.39 is 0 Å². The van der Waals surface area contributed by atoms with Gasteiger partial charge in [0.05, 0.1) is 5.69 Å². The summed E-state index contributed by atoms with van der Waals surface area (Å²) in [6, 6.07) is 0.170. The number of nitrogens with zero attached hydrogens (tertiary/aromatic N) is 2. The van der Waals surface area contributed by atoms with Crippen LogP contribution in [-0.4, -0.2) is 9.78 Å². The van der Waals surface area contributed by atoms with Crippen LogP contribution >= 0.6 is 0 Å². The summed E-state index contributed by atoms with van der Waals surface area (Å²) in [6.07, 6.45) is 6.95. The summed E-state index contributed by atoms with van der Waals surface area (Å²) < 4.78 is 1.91. The van der Waals surface area contributed by atoms with Gasteiger partial charge in [-0.15, -0.1) is 0 Å². The highest BCUT2D eigenvalue weighted by Crippen LogP contribution is 2.39. The predicted octanol–water partition coefficient (Wildman–Crippen LogP) is 3.05. The van der Waals surface area contributed by atoms with E-state index in [-0.39, 0.29) is 6.04 Å². The Morgan fingerprint density at radius 3 is 2.72 bits per heavy atom. The molecule has 102 valence electrons. The number of hydrogen-bond acceptors (Lipinski definition) is 2. The lowest BCUT2D eigenvalue weighted by Gasteiger charge is -2.35. The molecule has 18 heavy (non-hydrogen) atoms. The van der Waals surface area contributed by atoms with E-state index in [1.54, 1.807) is 0 Å². The first-order chi connectivity index (χ1) is 8.52. The van der Waals surface area contributed by atoms with E-state index in [1.807, 2.05) is 11.7 Å². The van der Waals surface area contributed by atoms with Crippen molar-refractivity contribution in [2.75, 3.05) is 0 Å². The molecule has 1 fully saturated rings. The Kier molecular flexibility index (Phi) is 4.10. The van der Waals surface area contributed by atoms with Crippen molar-refractivity contribution in [3.8, 4) is 0 Å². The highest BCUT2D eigenvalue weighted by atomic mass is 15.3. The third-order valence-corrected chi connectivity index (χ3v) is 4.78. The summed E-state index contributed by atoms with van der Waals surface area (Å²) in [4.78, 5) is 0. The van der Waals surface area contributed by atoms with Crippen molar-refractivity contribution < 1.29 is 0 Å². The van der Waals surface area contributed by atoms with Crippen LogP contribution in [0.2, 0.25) is 0 Å². The molecule has 3 nitrogen and oxygen atoms in total. The van der Waals surface area contributed by atoms with Crippen LogP contribution in [0.3, 0.4) is 0 Å². The van der Waals surface area contributed by atoms with Crippen molar-refractivity contribution in [1.82, 2.24) is 9.78 Å². The summed E-state index contributed by atoms with van der Waals surface area (Å²) >= 11 is 0. The lowest BCUT2D eigenvalue weighted by molar-refractivity contribution is 0.185. The molecular weight excluding hydrogens is 222 g/mol. The fourth-order valence-corrected chi connectivity index (χ4v) is 3.28. The molecule has 0 saturated heterocycles. The Balaban J connectivity index is 2.13. The molecule has 0 spiro atoms. The first kappa shape index (κ1) is 13.6. The molecule has 2 rings (SSSR count). The highest BCUT2D eigenvalue weighted by Gasteiger charge is 2.30. The molecular formula is C15H27N3. The maximum Gasteiger partial charge on any atom is 0.0669 e. The second-order valence-electron chi connectivity index (χ2n) is 6.11. The summed E-state index contributed by atoms with van der Waals surface area (Å²) in [7, 11) is 1.99. The summed E-state index contributed by atoms with van der Waals surface area (Å²) in [6.45, 7) is 6.89. The van der Waals surface area contributed by atoms with E-state index >= 15 is 0 Å². The van der Waals surface area contributed by atoms with Crippen molar-refractivity contribution in [1.29, 1.82) is 0 Å². The number of hydrogen-bond donors (Lipinski definition) is 1. The van der Waals surface area contributed by atoms with Crippen LogP contribution in [0.15, 0.2) is 6.20 Å². The fourth-order valence-electron chi connectivity index (χ4n) is 3.28. The molecule has 1 aromatic rings. The van der Waals surface area contributed by atoms with Crippen LogP contribution in [0, 0.1) is 17.8 Å². The second kappa shape index (κ2) is 5.43. The van der Waals surface area contributed by atoms with Crippen LogP contribution in [0.25, 0.3) is 0 Å². The van der Waals surface area contributed by atoms with Gasteiger partial charge >= 0.3 is 0 Å². The zero-order chi connectivity index (χ0) is 13.3. The number of aryl methyl sites for hydroxylation is 2. The topological polar surface area (TPSA) is 43.8 Å². The molecule has 3 heteroatoms. The van der Waals surface area contributed by atoms with Gasteiger partial charge in [0.25, 0.3) is 0 Å². The van der Waals surface area contributed by atoms with Crippen molar-refractivity contribution in [3.63, 3.8) is 0 Å². The van der Waals surface area contributed by atoms with Gasteiger partial charge in [-0.2, -0.15) is 5.10 Å². The van der Waals surface area contributed by atoms with Gasteiger partial charge in [0.2, 0.25) is 0 Å². The van der Waals surface area contributed by atoms with Gasteiger partial charge in [-0.25, -0.2) is 0 Å². The Morgan fingerprint density at radius 1 is 1.39 bits per heavy atom. The molecule has 0 radical (unpaired) electrons. The van der Waals surface area contributed by atoms with Crippen LogP contribution < -0.4 is 5.73 Å². The van der Waals surface area contributed by atoms with E-state index in [2.05, 4.69) is 32.1 Å². The molecule has 1 aliphatic carbocycles. The number of aromatic nitrogens is 2. The standard InChI is InChI=1S/C15H27N3/c1-5-14-13(9-18(4)17-14)15(16)12-7-6-10(2)11(3)8-12/h9-12,15H,5-8,16H2,1-4H3. The monoisotopic (exact) mass is 249 g/mol. The molecule has 4 atom stereocenters. The van der Waals surface area contributed by atoms with Gasteiger partial charge < -0.3 is 5.73 Å². The lowest BCUT2D eigenvalue weighted by Crippen LogP contribution is -2.29. The van der Waals surface area contributed by atoms with Crippen molar-refractivity contribution in [2.45, 2.75) is 52.5 Å². The molecule has 1 heterocycles. The van der Waals surface area contributed by atoms with E-state index in [0.29, 0.717) is 5.92 Å². The molecule has 4 unspecified atom stereocenters. The normalized spacial score (nSPS) is 30.4. The van der Waals surface area contributed by atoms with E-state index in [4.69, 9.17) is 5.73 Å². The van der Waals surface area contributed by atoms with Gasteiger partial charge in [-0.1, -0.05) is 27.2 Å². The summed E-state index contributed by atoms with van der Waals surface area (Å²) in [5, 5.41) is 4.52. The average Bonchev–Trinajstić information content (AvgIpc) is 2.73. The van der Waals surface area contributed by atoms with Crippen molar-refractivity contribution in [3.05, 3.63) is 17.5 Å². The lowest BCUT2D eigenvalue weighted by atomic mass is 9.72. The molecule has 1 aromatic heterocycles. The summed E-state index contributed by atoms with van der Waals surface area (Å²) in [5.74, 6) is 2.29. The molecule has 0 amide bonds. The molecule has 0 aliphatic heterocycles. The minimum Gasteiger partial charge on any atom is -0.324 e. The average molecular weight is 249 g/mol. The SMILES string of the molecule is CCc1nn(C)cc1C(N)C1CCC(C)C(C)C1. The van der Waals surface area contributed by atoms with Crippen LogP contribution in [0.5, 0.6) is 0 Å². The number of rotatable bonds is 3. The van der Waals surface area contributed by atoms with E-state index in [9.17, 15) is 0 Å². The Morgan fingerprint density at radius 2 is 2.11 bits per heavy atom. The molecule has 2 N–H and O–H groups in total. The zero-order valence-corrected chi connectivity index (χ0v) is 12.2. The minimum atomic E-state index is 0.170. The van der Waals surface area contributed by atoms with Crippen LogP contribution in [-0.2, 0) is 13.5 Å². The third-order valence-electron chi connectivity index (χ3n) is 4.78. The highest BCUT2D eigenvalue weighted by molar-refractivity contribution is 5.22. The predicted molar refractivity (Wildman–Crippen MR) is 75.2 cm³/mol. The van der Waals surface area contributed by atoms with Gasteiger partial charge in [-0.3, -0.25) is 4.68 Å². The maximum atomic E-state index is 6.51. The first-order valence-corrected chi connectivity index (χ1v) is 7.30. The Labute approximate surface area is 111 Å². The van der Waals surface area contributed by atoms with Gasteiger partial charge in [0, 0.05) is 24.8 Å². The van der Waals surface area contributed by atoms with Crippen LogP contribution in [0.1, 0.15) is 57.3 Å². The second-order valence-corrected chi connectivity index (χ2v) is 6.11. The largest absolute Gasteiger partial charge is 0.324 e. The molecule has 1 saturated carbocycles. The summed E-state index contributed by atoms with van der Waals surface area (Å²) in [5.41, 5.74) is 8.96. The molecule has 0 aromatic carbocycles. The molecule has 1 aliphatic rings. The fraction of sp³-hybridized carbons (Fsp3) is 0.800. The quantitative estimate of drug-likeness (QED) is 0.894. The Hall–Kier alpha value is -0.830. The van der Waals surface area contributed by atoms with Crippen LogP contribution in [0.4, 0.5) is 0 Å². The van der Waals surface area contributed by atoms with Gasteiger partial charge in [0.1, 0.15) is 0 Å². The van der Waals surface area contributed by atoms with Crippen molar-refractivity contribution >= 4 is 0 Å². The maximum absolute atomic E-state index is 6.51. The van der Waals surface area contributed by atoms with Gasteiger partial charge in [0.15, 0.2) is 0 Å². The number of nitrogens with two attached hydrogens (primary N) is 1. The zero-order valence-electron chi connectivity index (χ0n) is 12.2. The first-order valence-electron chi connectivity index (χ1n) is 7.30. The smallest absolute Gasteiger partial charge is 0.0669 e. The Bertz CT molecular complexity index is 396. The third kappa shape index (κ3) is 2.61. The van der Waals surface area contributed by atoms with E-state index in [0.717, 1.165) is 18.3 Å². The van der Waals surface area contributed by atoms with Crippen molar-refractivity contribution in [2.24, 2.45) is 30.5 Å².